The highest BCUT2D eigenvalue weighted by Crippen LogP contribution is 2.09. The monoisotopic (exact) mass is 360 g/mol. The summed E-state index contributed by atoms with van der Waals surface area (Å²) in [5, 5.41) is 10.7. The summed E-state index contributed by atoms with van der Waals surface area (Å²) in [6.45, 7) is 4.85. The third kappa shape index (κ3) is 4.92. The number of carbonyl (C=O) groups is 2. The summed E-state index contributed by atoms with van der Waals surface area (Å²) in [7, 11) is 1.80. The topological polar surface area (TPSA) is 96.5 Å². The van der Waals surface area contributed by atoms with Gasteiger partial charge < -0.3 is 14.7 Å². The third-order valence-electron chi connectivity index (χ3n) is 4.29. The van der Waals surface area contributed by atoms with Gasteiger partial charge in [0.1, 0.15) is 5.76 Å². The molecule has 2 aromatic rings. The Kier molecular flexibility index (Phi) is 5.67. The number of amides is 2. The van der Waals surface area contributed by atoms with Crippen LogP contribution in [0, 0.1) is 6.92 Å². The molecule has 3 heterocycles. The molecule has 0 bridgehead atoms. The zero-order chi connectivity index (χ0) is 18.5. The minimum Gasteiger partial charge on any atom is -0.361 e. The highest BCUT2D eigenvalue weighted by atomic mass is 16.5. The van der Waals surface area contributed by atoms with E-state index in [-0.39, 0.29) is 18.2 Å². The van der Waals surface area contributed by atoms with Gasteiger partial charge in [-0.15, -0.1) is 0 Å². The molecule has 9 nitrogen and oxygen atoms in total. The Morgan fingerprint density at radius 1 is 1.27 bits per heavy atom. The second-order valence-corrected chi connectivity index (χ2v) is 6.54. The van der Waals surface area contributed by atoms with Gasteiger partial charge in [0.05, 0.1) is 18.7 Å². The molecule has 0 aliphatic carbocycles. The van der Waals surface area contributed by atoms with E-state index < -0.39 is 0 Å². The molecule has 3 rings (SSSR count). The average molecular weight is 360 g/mol. The predicted octanol–water partition coefficient (Wildman–Crippen LogP) is 0.432. The van der Waals surface area contributed by atoms with Crippen LogP contribution < -0.4 is 5.32 Å². The number of nitrogens with one attached hydrogen (secondary N) is 1. The number of carbonyl (C=O) groups excluding carboxylic acids is 2. The van der Waals surface area contributed by atoms with Crippen LogP contribution in [0.4, 0.5) is 5.82 Å². The normalized spacial score (nSPS) is 15.7. The van der Waals surface area contributed by atoms with Crippen molar-refractivity contribution < 1.29 is 14.1 Å². The maximum Gasteiger partial charge on any atom is 0.239 e. The molecule has 1 aliphatic rings. The molecule has 0 aromatic carbocycles. The van der Waals surface area contributed by atoms with E-state index in [1.807, 2.05) is 11.8 Å². The smallest absolute Gasteiger partial charge is 0.239 e. The largest absolute Gasteiger partial charge is 0.361 e. The van der Waals surface area contributed by atoms with E-state index in [1.54, 1.807) is 30.1 Å². The van der Waals surface area contributed by atoms with E-state index in [9.17, 15) is 9.59 Å². The Labute approximate surface area is 151 Å². The number of rotatable bonds is 5. The lowest BCUT2D eigenvalue weighted by Gasteiger charge is -2.21. The van der Waals surface area contributed by atoms with E-state index in [4.69, 9.17) is 4.52 Å². The maximum atomic E-state index is 12.4. The molecule has 0 unspecified atom stereocenters. The number of aromatic nitrogens is 3. The fourth-order valence-corrected chi connectivity index (χ4v) is 3.01. The Morgan fingerprint density at radius 3 is 2.81 bits per heavy atom. The Hall–Kier alpha value is -2.68. The summed E-state index contributed by atoms with van der Waals surface area (Å²) in [5.74, 6) is 1.07. The van der Waals surface area contributed by atoms with Crippen LogP contribution in [0.5, 0.6) is 0 Å². The van der Waals surface area contributed by atoms with Gasteiger partial charge in [-0.25, -0.2) is 0 Å². The van der Waals surface area contributed by atoms with Gasteiger partial charge in [0.15, 0.2) is 5.82 Å². The van der Waals surface area contributed by atoms with Gasteiger partial charge in [0, 0.05) is 51.6 Å². The molecule has 1 aliphatic heterocycles. The van der Waals surface area contributed by atoms with Gasteiger partial charge in [-0.1, -0.05) is 5.16 Å². The molecule has 0 radical (unpaired) electrons. The van der Waals surface area contributed by atoms with Gasteiger partial charge in [-0.05, 0) is 13.3 Å². The number of aryl methyl sites for hydroxylation is 2. The zero-order valence-electron chi connectivity index (χ0n) is 15.1. The number of nitrogens with zero attached hydrogens (tertiary/aromatic N) is 5. The van der Waals surface area contributed by atoms with Crippen molar-refractivity contribution in [1.29, 1.82) is 0 Å². The molecule has 9 heteroatoms. The van der Waals surface area contributed by atoms with Crippen molar-refractivity contribution in [3.8, 4) is 0 Å². The van der Waals surface area contributed by atoms with Crippen molar-refractivity contribution in [1.82, 2.24) is 24.7 Å². The van der Waals surface area contributed by atoms with E-state index in [0.717, 1.165) is 18.7 Å². The standard InChI is InChI=1S/C17H24N6O3/c1-13-10-14(26-20-13)11-17(25)23-6-3-5-22(8-9-23)12-16(24)18-15-4-7-21(2)19-15/h4,7,10H,3,5-6,8-9,11-12H2,1-2H3,(H,18,19,24). The summed E-state index contributed by atoms with van der Waals surface area (Å²) < 4.78 is 6.76. The third-order valence-corrected chi connectivity index (χ3v) is 4.29. The van der Waals surface area contributed by atoms with Gasteiger partial charge in [-0.3, -0.25) is 19.2 Å². The minimum absolute atomic E-state index is 0.0286. The van der Waals surface area contributed by atoms with Crippen molar-refractivity contribution >= 4 is 17.6 Å². The Morgan fingerprint density at radius 2 is 2.12 bits per heavy atom. The Bertz CT molecular complexity index is 768. The first-order chi connectivity index (χ1) is 12.5. The molecular weight excluding hydrogens is 336 g/mol. The van der Waals surface area contributed by atoms with Crippen LogP contribution in [-0.4, -0.2) is 69.3 Å². The molecule has 1 fully saturated rings. The second-order valence-electron chi connectivity index (χ2n) is 6.54. The lowest BCUT2D eigenvalue weighted by molar-refractivity contribution is -0.130. The zero-order valence-corrected chi connectivity index (χ0v) is 15.1. The van der Waals surface area contributed by atoms with Crippen LogP contribution >= 0.6 is 0 Å². The maximum absolute atomic E-state index is 12.4. The van der Waals surface area contributed by atoms with Crippen LogP contribution in [-0.2, 0) is 23.1 Å². The highest BCUT2D eigenvalue weighted by Gasteiger charge is 2.21. The molecule has 0 spiro atoms. The van der Waals surface area contributed by atoms with E-state index in [1.165, 1.54) is 0 Å². The number of anilines is 1. The van der Waals surface area contributed by atoms with Crippen LogP contribution in [0.25, 0.3) is 0 Å². The summed E-state index contributed by atoms with van der Waals surface area (Å²) in [5.41, 5.74) is 0.772. The van der Waals surface area contributed by atoms with E-state index >= 15 is 0 Å². The lowest BCUT2D eigenvalue weighted by Crippen LogP contribution is -2.38. The lowest BCUT2D eigenvalue weighted by atomic mass is 10.2. The van der Waals surface area contributed by atoms with Crippen molar-refractivity contribution in [3.05, 3.63) is 29.8 Å². The SMILES string of the molecule is Cc1cc(CC(=O)N2CCCN(CC(=O)Nc3ccn(C)n3)CC2)on1. The Balaban J connectivity index is 1.46. The average Bonchev–Trinajstić information content (AvgIpc) is 3.09. The summed E-state index contributed by atoms with van der Waals surface area (Å²) in [6.07, 6.45) is 2.83. The predicted molar refractivity (Wildman–Crippen MR) is 94.4 cm³/mol. The van der Waals surface area contributed by atoms with Crippen LogP contribution in [0.3, 0.4) is 0 Å². The van der Waals surface area contributed by atoms with E-state index in [2.05, 4.69) is 20.5 Å². The minimum atomic E-state index is -0.0967. The van der Waals surface area contributed by atoms with E-state index in [0.29, 0.717) is 37.8 Å². The summed E-state index contributed by atoms with van der Waals surface area (Å²) in [6, 6.07) is 3.54. The molecule has 0 atom stereocenters. The molecule has 1 saturated heterocycles. The first-order valence-corrected chi connectivity index (χ1v) is 8.71. The second kappa shape index (κ2) is 8.13. The quantitative estimate of drug-likeness (QED) is 0.831. The van der Waals surface area contributed by atoms with Gasteiger partial charge in [-0.2, -0.15) is 5.10 Å². The highest BCUT2D eigenvalue weighted by molar-refractivity contribution is 5.91. The molecule has 0 saturated carbocycles. The fourth-order valence-electron chi connectivity index (χ4n) is 3.01. The van der Waals surface area contributed by atoms with Gasteiger partial charge in [0.25, 0.3) is 0 Å². The van der Waals surface area contributed by atoms with Gasteiger partial charge >= 0.3 is 0 Å². The van der Waals surface area contributed by atoms with Crippen LogP contribution in [0.2, 0.25) is 0 Å². The van der Waals surface area contributed by atoms with Crippen molar-refractivity contribution in [2.75, 3.05) is 38.0 Å². The number of hydrogen-bond acceptors (Lipinski definition) is 6. The fraction of sp³-hybridized carbons (Fsp3) is 0.529. The van der Waals surface area contributed by atoms with Crippen molar-refractivity contribution in [3.63, 3.8) is 0 Å². The van der Waals surface area contributed by atoms with Crippen molar-refractivity contribution in [2.45, 2.75) is 19.8 Å². The van der Waals surface area contributed by atoms with Crippen LogP contribution in [0.1, 0.15) is 17.9 Å². The molecule has 140 valence electrons. The summed E-state index contributed by atoms with van der Waals surface area (Å²) in [4.78, 5) is 28.5. The van der Waals surface area contributed by atoms with Crippen molar-refractivity contribution in [2.24, 2.45) is 7.05 Å². The molecule has 2 amide bonds. The molecule has 2 aromatic heterocycles. The molecule has 26 heavy (non-hydrogen) atoms. The first kappa shape index (κ1) is 18.1. The van der Waals surface area contributed by atoms with Gasteiger partial charge in [0.2, 0.25) is 11.8 Å². The first-order valence-electron chi connectivity index (χ1n) is 8.71. The molecular formula is C17H24N6O3. The summed E-state index contributed by atoms with van der Waals surface area (Å²) >= 11 is 0. The molecule has 1 N–H and O–H groups in total. The number of hydrogen-bond donors (Lipinski definition) is 1. The van der Waals surface area contributed by atoms with Crippen LogP contribution in [0.15, 0.2) is 22.9 Å².